The van der Waals surface area contributed by atoms with E-state index in [2.05, 4.69) is 25.3 Å². The van der Waals surface area contributed by atoms with Crippen molar-refractivity contribution < 1.29 is 4.79 Å². The van der Waals surface area contributed by atoms with Crippen molar-refractivity contribution in [2.24, 2.45) is 9.98 Å². The molecule has 8 heteroatoms. The van der Waals surface area contributed by atoms with Gasteiger partial charge in [-0.25, -0.2) is 9.98 Å². The number of aromatic amines is 1. The number of fused-ring (bicyclic) bond motifs is 1. The van der Waals surface area contributed by atoms with Crippen LogP contribution in [0.15, 0.2) is 14.8 Å². The summed E-state index contributed by atoms with van der Waals surface area (Å²) in [6, 6.07) is 0. The van der Waals surface area contributed by atoms with Crippen LogP contribution < -0.4 is 10.9 Å². The summed E-state index contributed by atoms with van der Waals surface area (Å²) < 4.78 is 0. The molecule has 1 aromatic rings. The van der Waals surface area contributed by atoms with Crippen molar-refractivity contribution in [3.8, 4) is 0 Å². The fourth-order valence-corrected chi connectivity index (χ4v) is 1.67. The second kappa shape index (κ2) is 4.87. The molecule has 0 aromatic carbocycles. The highest BCUT2D eigenvalue weighted by Gasteiger charge is 2.31. The topological polar surface area (TPSA) is 103 Å². The second-order valence-electron chi connectivity index (χ2n) is 5.16. The molecular formula is C12H16N6O2. The van der Waals surface area contributed by atoms with Gasteiger partial charge in [0.05, 0.1) is 11.9 Å². The van der Waals surface area contributed by atoms with E-state index < -0.39 is 11.1 Å². The van der Waals surface area contributed by atoms with E-state index in [-0.39, 0.29) is 17.3 Å². The number of aromatic nitrogens is 2. The normalized spacial score (nSPS) is 16.3. The van der Waals surface area contributed by atoms with E-state index in [1.807, 2.05) is 14.1 Å². The largest absolute Gasteiger partial charge is 0.369 e. The molecule has 1 aliphatic rings. The van der Waals surface area contributed by atoms with E-state index in [0.717, 1.165) is 0 Å². The highest BCUT2D eigenvalue weighted by molar-refractivity contribution is 6.34. The lowest BCUT2D eigenvalue weighted by molar-refractivity contribution is -0.102. The summed E-state index contributed by atoms with van der Waals surface area (Å²) in [6.07, 6.45) is 2.16. The summed E-state index contributed by atoms with van der Waals surface area (Å²) in [5, 5.41) is 3.03. The molecule has 1 aromatic heterocycles. The van der Waals surface area contributed by atoms with E-state index in [0.29, 0.717) is 12.1 Å². The van der Waals surface area contributed by atoms with Crippen LogP contribution >= 0.6 is 0 Å². The number of nitrogens with zero attached hydrogens (tertiary/aromatic N) is 4. The highest BCUT2D eigenvalue weighted by atomic mass is 16.1. The van der Waals surface area contributed by atoms with Crippen molar-refractivity contribution in [1.29, 1.82) is 0 Å². The van der Waals surface area contributed by atoms with Crippen molar-refractivity contribution in [2.45, 2.75) is 19.4 Å². The Morgan fingerprint density at radius 2 is 2.05 bits per heavy atom. The predicted octanol–water partition coefficient (Wildman–Crippen LogP) is 0.467. The zero-order valence-corrected chi connectivity index (χ0v) is 11.8. The molecular weight excluding hydrogens is 260 g/mol. The summed E-state index contributed by atoms with van der Waals surface area (Å²) in [5.74, 6) is 0.491. The number of anilines is 1. The van der Waals surface area contributed by atoms with E-state index >= 15 is 0 Å². The van der Waals surface area contributed by atoms with Crippen LogP contribution in [0.1, 0.15) is 13.8 Å². The zero-order valence-electron chi connectivity index (χ0n) is 11.8. The molecule has 0 bridgehead atoms. The Morgan fingerprint density at radius 3 is 2.65 bits per heavy atom. The SMILES string of the molecule is CN(C)/C=N/c1nc2c(c(=O)[nH]1)N=C(C=O)C(C)(C)N2. The third kappa shape index (κ3) is 2.58. The first kappa shape index (κ1) is 13.9. The number of aliphatic imine (C=N–C) groups is 2. The standard InChI is InChI=1S/C12H16N6O2/c1-12(2)7(5-19)14-8-9(17-12)15-11(16-10(8)20)13-6-18(3)4/h5-6H,1-4H3,(H2,15,16,17,20)/b13-6+. The molecule has 2 N–H and O–H groups in total. The van der Waals surface area contributed by atoms with Crippen molar-refractivity contribution >= 4 is 35.8 Å². The van der Waals surface area contributed by atoms with Crippen LogP contribution in [-0.2, 0) is 4.79 Å². The van der Waals surface area contributed by atoms with Crippen LogP contribution in [0.5, 0.6) is 0 Å². The molecule has 0 fully saturated rings. The molecule has 0 saturated heterocycles. The monoisotopic (exact) mass is 276 g/mol. The lowest BCUT2D eigenvalue weighted by Crippen LogP contribution is -2.44. The van der Waals surface area contributed by atoms with Gasteiger partial charge in [-0.15, -0.1) is 0 Å². The molecule has 2 rings (SSSR count). The molecule has 0 radical (unpaired) electrons. The average molecular weight is 276 g/mol. The number of hydrogen-bond donors (Lipinski definition) is 2. The van der Waals surface area contributed by atoms with Gasteiger partial charge in [-0.2, -0.15) is 4.98 Å². The number of carbonyl (C=O) groups is 1. The molecule has 8 nitrogen and oxygen atoms in total. The van der Waals surface area contributed by atoms with Gasteiger partial charge in [0, 0.05) is 14.1 Å². The first-order valence-corrected chi connectivity index (χ1v) is 6.01. The number of rotatable bonds is 3. The van der Waals surface area contributed by atoms with Crippen molar-refractivity contribution in [3.05, 3.63) is 10.4 Å². The molecule has 0 saturated carbocycles. The Balaban J connectivity index is 2.52. The molecule has 0 atom stereocenters. The number of hydrogen-bond acceptors (Lipinski definition) is 6. The third-order valence-electron chi connectivity index (χ3n) is 2.71. The summed E-state index contributed by atoms with van der Waals surface area (Å²) >= 11 is 0. The number of aldehydes is 1. The van der Waals surface area contributed by atoms with Crippen LogP contribution in [0.4, 0.5) is 17.5 Å². The van der Waals surface area contributed by atoms with Crippen molar-refractivity contribution in [3.63, 3.8) is 0 Å². The maximum absolute atomic E-state index is 12.0. The summed E-state index contributed by atoms with van der Waals surface area (Å²) in [7, 11) is 3.62. The highest BCUT2D eigenvalue weighted by Crippen LogP contribution is 2.29. The van der Waals surface area contributed by atoms with Crippen molar-refractivity contribution in [2.75, 3.05) is 19.4 Å². The molecule has 0 amide bonds. The Kier molecular flexibility index (Phi) is 3.39. The number of H-pyrrole nitrogens is 1. The maximum Gasteiger partial charge on any atom is 0.280 e. The van der Waals surface area contributed by atoms with E-state index in [1.54, 1.807) is 18.7 Å². The van der Waals surface area contributed by atoms with Crippen LogP contribution in [-0.4, -0.2) is 52.8 Å². The van der Waals surface area contributed by atoms with E-state index in [9.17, 15) is 9.59 Å². The minimum atomic E-state index is -0.682. The first-order valence-electron chi connectivity index (χ1n) is 6.01. The van der Waals surface area contributed by atoms with Gasteiger partial charge < -0.3 is 10.2 Å². The molecule has 20 heavy (non-hydrogen) atoms. The number of nitrogens with one attached hydrogen (secondary N) is 2. The summed E-state index contributed by atoms with van der Waals surface area (Å²) in [4.78, 5) is 39.5. The summed E-state index contributed by atoms with van der Waals surface area (Å²) in [6.45, 7) is 3.57. The fourth-order valence-electron chi connectivity index (χ4n) is 1.67. The van der Waals surface area contributed by atoms with Gasteiger partial charge in [-0.3, -0.25) is 14.6 Å². The predicted molar refractivity (Wildman–Crippen MR) is 77.6 cm³/mol. The van der Waals surface area contributed by atoms with Gasteiger partial charge in [0.15, 0.2) is 17.8 Å². The fraction of sp³-hybridized carbons (Fsp3) is 0.417. The quantitative estimate of drug-likeness (QED) is 0.474. The average Bonchev–Trinajstić information content (AvgIpc) is 2.34. The Morgan fingerprint density at radius 1 is 1.35 bits per heavy atom. The molecule has 0 aliphatic carbocycles. The van der Waals surface area contributed by atoms with Crippen LogP contribution in [0, 0.1) is 0 Å². The van der Waals surface area contributed by atoms with Crippen LogP contribution in [0.3, 0.4) is 0 Å². The Hall–Kier alpha value is -2.51. The maximum atomic E-state index is 12.0. The van der Waals surface area contributed by atoms with Gasteiger partial charge in [0.1, 0.15) is 5.71 Å². The van der Waals surface area contributed by atoms with Crippen LogP contribution in [0.25, 0.3) is 0 Å². The Bertz CT molecular complexity index is 656. The lowest BCUT2D eigenvalue weighted by Gasteiger charge is -2.29. The molecule has 2 heterocycles. The van der Waals surface area contributed by atoms with E-state index in [1.165, 1.54) is 6.34 Å². The number of carbonyl (C=O) groups excluding carboxylic acids is 1. The van der Waals surface area contributed by atoms with E-state index in [4.69, 9.17) is 0 Å². The van der Waals surface area contributed by atoms with Gasteiger partial charge >= 0.3 is 0 Å². The molecule has 0 spiro atoms. The lowest BCUT2D eigenvalue weighted by atomic mass is 9.97. The Labute approximate surface area is 115 Å². The smallest absolute Gasteiger partial charge is 0.280 e. The minimum Gasteiger partial charge on any atom is -0.369 e. The molecule has 0 unspecified atom stereocenters. The minimum absolute atomic E-state index is 0.0928. The van der Waals surface area contributed by atoms with Gasteiger partial charge in [-0.05, 0) is 13.8 Å². The van der Waals surface area contributed by atoms with Crippen molar-refractivity contribution in [1.82, 2.24) is 14.9 Å². The zero-order chi connectivity index (χ0) is 14.9. The second-order valence-corrected chi connectivity index (χ2v) is 5.16. The van der Waals surface area contributed by atoms with Gasteiger partial charge in [0.2, 0.25) is 5.95 Å². The van der Waals surface area contributed by atoms with Crippen LogP contribution in [0.2, 0.25) is 0 Å². The summed E-state index contributed by atoms with van der Waals surface area (Å²) in [5.41, 5.74) is -0.779. The third-order valence-corrected chi connectivity index (χ3v) is 2.71. The molecule has 1 aliphatic heterocycles. The van der Waals surface area contributed by atoms with Gasteiger partial charge in [-0.1, -0.05) is 0 Å². The van der Waals surface area contributed by atoms with Gasteiger partial charge in [0.25, 0.3) is 5.56 Å². The molecule has 106 valence electrons. The first-order chi connectivity index (χ1) is 9.33.